The van der Waals surface area contributed by atoms with Gasteiger partial charge in [0.05, 0.1) is 12.1 Å². The van der Waals surface area contributed by atoms with Crippen molar-refractivity contribution in [3.63, 3.8) is 0 Å². The molecule has 0 saturated heterocycles. The van der Waals surface area contributed by atoms with Crippen molar-refractivity contribution in [3.8, 4) is 5.75 Å². The normalized spacial score (nSPS) is 10.3. The molecule has 20 heavy (non-hydrogen) atoms. The Bertz CT molecular complexity index is 558. The fraction of sp³-hybridized carbons (Fsp3) is 0.333. The maximum absolute atomic E-state index is 6.09. The van der Waals surface area contributed by atoms with Crippen molar-refractivity contribution in [1.82, 2.24) is 9.97 Å². The zero-order valence-corrected chi connectivity index (χ0v) is 12.4. The number of hydrogen-bond acceptors (Lipinski definition) is 4. The Labute approximate surface area is 124 Å². The van der Waals surface area contributed by atoms with E-state index in [1.54, 1.807) is 7.11 Å². The summed E-state index contributed by atoms with van der Waals surface area (Å²) in [6, 6.07) is 5.81. The molecule has 0 unspecified atom stereocenters. The van der Waals surface area contributed by atoms with Crippen molar-refractivity contribution in [2.45, 2.75) is 19.8 Å². The second kappa shape index (κ2) is 7.10. The molecule has 0 amide bonds. The summed E-state index contributed by atoms with van der Waals surface area (Å²) in [5.41, 5.74) is 2.28. The van der Waals surface area contributed by atoms with Crippen molar-refractivity contribution < 1.29 is 4.74 Å². The van der Waals surface area contributed by atoms with Crippen LogP contribution in [0.15, 0.2) is 30.6 Å². The Kier molecular flexibility index (Phi) is 5.18. The van der Waals surface area contributed by atoms with Crippen LogP contribution in [0.3, 0.4) is 0 Å². The lowest BCUT2D eigenvalue weighted by atomic mass is 10.1. The fourth-order valence-corrected chi connectivity index (χ4v) is 2.09. The quantitative estimate of drug-likeness (QED) is 0.886. The number of hydrogen-bond donors (Lipinski definition) is 1. The van der Waals surface area contributed by atoms with Crippen LogP contribution in [0.5, 0.6) is 5.75 Å². The lowest BCUT2D eigenvalue weighted by Crippen LogP contribution is -2.08. The van der Waals surface area contributed by atoms with Crippen molar-refractivity contribution in [2.24, 2.45) is 0 Å². The van der Waals surface area contributed by atoms with Crippen LogP contribution in [0.2, 0.25) is 5.02 Å². The molecule has 0 atom stereocenters. The van der Waals surface area contributed by atoms with Crippen molar-refractivity contribution >= 4 is 17.5 Å². The van der Waals surface area contributed by atoms with Crippen LogP contribution in [0.25, 0.3) is 0 Å². The lowest BCUT2D eigenvalue weighted by Gasteiger charge is -2.07. The molecule has 4 nitrogen and oxygen atoms in total. The average Bonchev–Trinajstić information content (AvgIpc) is 2.48. The molecule has 1 N–H and O–H groups in total. The summed E-state index contributed by atoms with van der Waals surface area (Å²) in [4.78, 5) is 8.51. The summed E-state index contributed by atoms with van der Waals surface area (Å²) in [7, 11) is 1.61. The zero-order chi connectivity index (χ0) is 14.4. The number of nitrogens with one attached hydrogen (secondary N) is 1. The molecular weight excluding hydrogens is 274 g/mol. The number of aromatic nitrogens is 2. The average molecular weight is 292 g/mol. The number of methoxy groups -OCH3 is 1. The van der Waals surface area contributed by atoms with Crippen LogP contribution in [0.4, 0.5) is 5.95 Å². The first kappa shape index (κ1) is 14.6. The van der Waals surface area contributed by atoms with E-state index in [9.17, 15) is 0 Å². The minimum absolute atomic E-state index is 0.633. The minimum atomic E-state index is 0.633. The number of halogens is 1. The van der Waals surface area contributed by atoms with Gasteiger partial charge in [-0.1, -0.05) is 24.6 Å². The fourth-order valence-electron chi connectivity index (χ4n) is 1.81. The SMILES string of the molecule is CCc1cnc(NCCc2ccc(OC)c(Cl)c2)nc1. The van der Waals surface area contributed by atoms with Crippen molar-refractivity contribution in [2.75, 3.05) is 19.0 Å². The number of anilines is 1. The summed E-state index contributed by atoms with van der Waals surface area (Å²) < 4.78 is 5.13. The van der Waals surface area contributed by atoms with Gasteiger partial charge in [-0.3, -0.25) is 0 Å². The van der Waals surface area contributed by atoms with Gasteiger partial charge in [-0.05, 0) is 36.1 Å². The number of benzene rings is 1. The summed E-state index contributed by atoms with van der Waals surface area (Å²) >= 11 is 6.09. The molecule has 0 aliphatic heterocycles. The van der Waals surface area contributed by atoms with E-state index in [1.165, 1.54) is 0 Å². The van der Waals surface area contributed by atoms with Gasteiger partial charge < -0.3 is 10.1 Å². The number of aryl methyl sites for hydroxylation is 1. The second-order valence-electron chi connectivity index (χ2n) is 4.41. The molecule has 0 aliphatic carbocycles. The Balaban J connectivity index is 1.87. The molecule has 0 aliphatic rings. The van der Waals surface area contributed by atoms with Crippen LogP contribution in [-0.2, 0) is 12.8 Å². The second-order valence-corrected chi connectivity index (χ2v) is 4.82. The van der Waals surface area contributed by atoms with Crippen LogP contribution in [0, 0.1) is 0 Å². The van der Waals surface area contributed by atoms with Gasteiger partial charge in [-0.2, -0.15) is 0 Å². The van der Waals surface area contributed by atoms with Crippen molar-refractivity contribution in [3.05, 3.63) is 46.7 Å². The highest BCUT2D eigenvalue weighted by Gasteiger charge is 2.02. The Morgan fingerprint density at radius 1 is 1.20 bits per heavy atom. The van der Waals surface area contributed by atoms with E-state index in [1.807, 2.05) is 30.6 Å². The molecule has 0 radical (unpaired) electrons. The topological polar surface area (TPSA) is 47.0 Å². The van der Waals surface area contributed by atoms with Crippen LogP contribution >= 0.6 is 11.6 Å². The highest BCUT2D eigenvalue weighted by molar-refractivity contribution is 6.32. The van der Waals surface area contributed by atoms with Gasteiger partial charge in [0.15, 0.2) is 0 Å². The van der Waals surface area contributed by atoms with Gasteiger partial charge in [0, 0.05) is 18.9 Å². The predicted octanol–water partition coefficient (Wildman–Crippen LogP) is 3.36. The van der Waals surface area contributed by atoms with E-state index in [-0.39, 0.29) is 0 Å². The van der Waals surface area contributed by atoms with E-state index in [0.717, 1.165) is 30.5 Å². The zero-order valence-electron chi connectivity index (χ0n) is 11.7. The van der Waals surface area contributed by atoms with Crippen LogP contribution < -0.4 is 10.1 Å². The first-order valence-corrected chi connectivity index (χ1v) is 6.98. The standard InChI is InChI=1S/C15H18ClN3O/c1-3-11-9-18-15(19-10-11)17-7-6-12-4-5-14(20-2)13(16)8-12/h4-5,8-10H,3,6-7H2,1-2H3,(H,17,18,19). The van der Waals surface area contributed by atoms with Crippen molar-refractivity contribution in [1.29, 1.82) is 0 Å². The van der Waals surface area contributed by atoms with Gasteiger partial charge in [0.2, 0.25) is 5.95 Å². The molecule has 0 saturated carbocycles. The maximum Gasteiger partial charge on any atom is 0.222 e. The van der Waals surface area contributed by atoms with E-state index in [0.29, 0.717) is 16.7 Å². The molecule has 106 valence electrons. The Morgan fingerprint density at radius 3 is 2.55 bits per heavy atom. The largest absolute Gasteiger partial charge is 0.495 e. The Morgan fingerprint density at radius 2 is 1.95 bits per heavy atom. The van der Waals surface area contributed by atoms with Crippen LogP contribution in [0.1, 0.15) is 18.1 Å². The molecule has 1 heterocycles. The molecule has 1 aromatic heterocycles. The van der Waals surface area contributed by atoms with Gasteiger partial charge in [-0.25, -0.2) is 9.97 Å². The first-order chi connectivity index (χ1) is 9.72. The first-order valence-electron chi connectivity index (χ1n) is 6.60. The van der Waals surface area contributed by atoms with Gasteiger partial charge in [0.25, 0.3) is 0 Å². The predicted molar refractivity (Wildman–Crippen MR) is 81.6 cm³/mol. The summed E-state index contributed by atoms with van der Waals surface area (Å²) in [5, 5.41) is 3.83. The molecule has 2 rings (SSSR count). The molecule has 5 heteroatoms. The van der Waals surface area contributed by atoms with Gasteiger partial charge in [0.1, 0.15) is 5.75 Å². The Hall–Kier alpha value is -1.81. The minimum Gasteiger partial charge on any atom is -0.495 e. The molecule has 1 aromatic carbocycles. The highest BCUT2D eigenvalue weighted by Crippen LogP contribution is 2.24. The summed E-state index contributed by atoms with van der Waals surface area (Å²) in [6.07, 6.45) is 5.49. The smallest absolute Gasteiger partial charge is 0.222 e. The van der Waals surface area contributed by atoms with E-state index in [2.05, 4.69) is 22.2 Å². The number of ether oxygens (including phenoxy) is 1. The molecule has 2 aromatic rings. The van der Waals surface area contributed by atoms with E-state index in [4.69, 9.17) is 16.3 Å². The highest BCUT2D eigenvalue weighted by atomic mass is 35.5. The third-order valence-electron chi connectivity index (χ3n) is 3.03. The molecule has 0 fully saturated rings. The van der Waals surface area contributed by atoms with E-state index < -0.39 is 0 Å². The molecule has 0 bridgehead atoms. The molecular formula is C15H18ClN3O. The number of nitrogens with zero attached hydrogens (tertiary/aromatic N) is 2. The van der Waals surface area contributed by atoms with Crippen LogP contribution in [-0.4, -0.2) is 23.6 Å². The third-order valence-corrected chi connectivity index (χ3v) is 3.32. The van der Waals surface area contributed by atoms with Gasteiger partial charge >= 0.3 is 0 Å². The monoisotopic (exact) mass is 291 g/mol. The third kappa shape index (κ3) is 3.84. The summed E-state index contributed by atoms with van der Waals surface area (Å²) in [6.45, 7) is 2.84. The van der Waals surface area contributed by atoms with Gasteiger partial charge in [-0.15, -0.1) is 0 Å². The maximum atomic E-state index is 6.09. The number of rotatable bonds is 6. The van der Waals surface area contributed by atoms with E-state index >= 15 is 0 Å². The summed E-state index contributed by atoms with van der Waals surface area (Å²) in [5.74, 6) is 1.35. The lowest BCUT2D eigenvalue weighted by molar-refractivity contribution is 0.415. The molecule has 0 spiro atoms.